The summed E-state index contributed by atoms with van der Waals surface area (Å²) in [5.74, 6) is -2.60. The van der Waals surface area contributed by atoms with E-state index in [1.807, 2.05) is 19.1 Å². The van der Waals surface area contributed by atoms with Crippen molar-refractivity contribution >= 4 is 46.6 Å². The Hall–Kier alpha value is -4.95. The van der Waals surface area contributed by atoms with Crippen LogP contribution in [0.3, 0.4) is 0 Å². The quantitative estimate of drug-likeness (QED) is 0.299. The lowest BCUT2D eigenvalue weighted by molar-refractivity contribution is -0.140. The van der Waals surface area contributed by atoms with Crippen molar-refractivity contribution in [1.82, 2.24) is 30.3 Å². The molecule has 3 N–H and O–H groups in total. The molecule has 0 radical (unpaired) electrons. The second-order valence-electron chi connectivity index (χ2n) is 12.3. The number of carboxylic acid groups (broad SMARTS) is 1. The summed E-state index contributed by atoms with van der Waals surface area (Å²) in [5.41, 5.74) is 1.23. The lowest BCUT2D eigenvalue weighted by Crippen LogP contribution is -2.56. The number of fused-ring (bicyclic) bond motifs is 1. The van der Waals surface area contributed by atoms with Crippen molar-refractivity contribution in [2.45, 2.75) is 70.5 Å². The molecule has 15 heteroatoms. The van der Waals surface area contributed by atoms with Crippen LogP contribution in [0.15, 0.2) is 24.3 Å². The first kappa shape index (κ1) is 34.4. The number of piperazine rings is 1. The summed E-state index contributed by atoms with van der Waals surface area (Å²) in [6.45, 7) is 4.75. The van der Waals surface area contributed by atoms with E-state index < -0.39 is 36.0 Å². The van der Waals surface area contributed by atoms with Crippen LogP contribution in [0.5, 0.6) is 5.75 Å². The monoisotopic (exact) mass is 666 g/mol. The van der Waals surface area contributed by atoms with Gasteiger partial charge in [0.25, 0.3) is 11.8 Å². The van der Waals surface area contributed by atoms with Gasteiger partial charge in [0, 0.05) is 56.6 Å². The molecule has 2 saturated heterocycles. The van der Waals surface area contributed by atoms with E-state index in [2.05, 4.69) is 15.6 Å². The molecular formula is C33H42N6O9. The molecule has 2 unspecified atom stereocenters. The number of likely N-dealkylation sites (tertiary alicyclic amines) is 1. The average Bonchev–Trinajstić information content (AvgIpc) is 3.75. The Morgan fingerprint density at radius 3 is 2.42 bits per heavy atom. The van der Waals surface area contributed by atoms with E-state index in [1.165, 1.54) is 20.8 Å². The highest BCUT2D eigenvalue weighted by Gasteiger charge is 2.37. The number of rotatable bonds is 12. The third-order valence-corrected chi connectivity index (χ3v) is 8.68. The maximum absolute atomic E-state index is 13.6. The van der Waals surface area contributed by atoms with Crippen molar-refractivity contribution in [3.63, 3.8) is 0 Å². The van der Waals surface area contributed by atoms with Gasteiger partial charge in [0.2, 0.25) is 11.8 Å². The number of ether oxygens (including phenoxy) is 2. The molecule has 0 bridgehead atoms. The van der Waals surface area contributed by atoms with Gasteiger partial charge in [-0.25, -0.2) is 9.78 Å². The topological polar surface area (TPSA) is 188 Å². The fraction of sp³-hybridized carbons (Fsp3) is 0.545. The number of aryl methyl sites for hydroxylation is 1. The number of nitrogens with zero attached hydrogens (tertiary/aromatic N) is 4. The normalized spacial score (nSPS) is 18.3. The molecule has 258 valence electrons. The highest BCUT2D eigenvalue weighted by Crippen LogP contribution is 2.28. The predicted molar refractivity (Wildman–Crippen MR) is 171 cm³/mol. The van der Waals surface area contributed by atoms with E-state index in [4.69, 9.17) is 9.47 Å². The molecule has 1 aromatic carbocycles. The Morgan fingerprint density at radius 2 is 1.73 bits per heavy atom. The molecule has 3 heterocycles. The zero-order chi connectivity index (χ0) is 34.4. The van der Waals surface area contributed by atoms with Gasteiger partial charge in [0.05, 0.1) is 12.1 Å². The lowest BCUT2D eigenvalue weighted by atomic mass is 10.1. The molecular weight excluding hydrogens is 624 g/mol. The Labute approximate surface area is 277 Å². The van der Waals surface area contributed by atoms with Crippen LogP contribution in [0, 0.1) is 6.92 Å². The molecule has 1 aromatic heterocycles. The molecule has 0 spiro atoms. The first-order chi connectivity index (χ1) is 23.0. The zero-order valence-electron chi connectivity index (χ0n) is 27.2. The Balaban J connectivity index is 1.30. The summed E-state index contributed by atoms with van der Waals surface area (Å²) in [5, 5.41) is 15.5. The van der Waals surface area contributed by atoms with Crippen LogP contribution in [0.25, 0.3) is 10.9 Å². The van der Waals surface area contributed by atoms with Crippen molar-refractivity contribution in [1.29, 1.82) is 0 Å². The first-order valence-electron chi connectivity index (χ1n) is 16.4. The van der Waals surface area contributed by atoms with E-state index in [-0.39, 0.29) is 81.5 Å². The van der Waals surface area contributed by atoms with Crippen LogP contribution >= 0.6 is 0 Å². The number of pyridine rings is 1. The van der Waals surface area contributed by atoms with Crippen LogP contribution in [-0.4, -0.2) is 125 Å². The maximum atomic E-state index is 13.6. The minimum Gasteiger partial charge on any atom is -0.483 e. The molecule has 15 nitrogen and oxygen atoms in total. The Kier molecular flexibility index (Phi) is 11.0. The number of amides is 5. The molecule has 3 fully saturated rings. The number of benzene rings is 1. The fourth-order valence-corrected chi connectivity index (χ4v) is 5.93. The molecule has 1 aliphatic carbocycles. The van der Waals surface area contributed by atoms with E-state index in [1.54, 1.807) is 13.0 Å². The van der Waals surface area contributed by atoms with Crippen LogP contribution < -0.4 is 15.4 Å². The molecule has 2 aromatic rings. The van der Waals surface area contributed by atoms with Gasteiger partial charge in [-0.2, -0.15) is 0 Å². The number of aromatic nitrogens is 1. The van der Waals surface area contributed by atoms with Crippen LogP contribution in [0.1, 0.15) is 61.5 Å². The summed E-state index contributed by atoms with van der Waals surface area (Å²) in [4.78, 5) is 85.5. The van der Waals surface area contributed by atoms with Gasteiger partial charge in [-0.15, -0.1) is 0 Å². The summed E-state index contributed by atoms with van der Waals surface area (Å²) in [7, 11) is 0. The van der Waals surface area contributed by atoms with Gasteiger partial charge in [0.1, 0.15) is 23.5 Å². The summed E-state index contributed by atoms with van der Waals surface area (Å²) in [6.07, 6.45) is 2.18. The van der Waals surface area contributed by atoms with Crippen molar-refractivity contribution in [3.8, 4) is 5.75 Å². The molecule has 5 amide bonds. The molecule has 2 aliphatic heterocycles. The SMILES string of the molecule is CCOC(=O)N1CCN(C(=O)C(CCC(=O)O)NC(=O)c2cc(OCC(=O)N3CCCC3C(=O)NC3CC3)c3cc(C)ccc3n2)CC1. The largest absolute Gasteiger partial charge is 0.483 e. The number of aliphatic carboxylic acids is 1. The molecule has 2 atom stereocenters. The number of carbonyl (C=O) groups is 6. The van der Waals surface area contributed by atoms with Gasteiger partial charge in [-0.3, -0.25) is 24.0 Å². The van der Waals surface area contributed by atoms with Crippen LogP contribution in [-0.2, 0) is 23.9 Å². The number of nitrogens with one attached hydrogen (secondary N) is 2. The van der Waals surface area contributed by atoms with Gasteiger partial charge in [0.15, 0.2) is 6.61 Å². The van der Waals surface area contributed by atoms with Crippen molar-refractivity contribution < 1.29 is 43.3 Å². The Morgan fingerprint density at radius 1 is 1.00 bits per heavy atom. The molecule has 5 rings (SSSR count). The summed E-state index contributed by atoms with van der Waals surface area (Å²) < 4.78 is 11.0. The second kappa shape index (κ2) is 15.3. The maximum Gasteiger partial charge on any atom is 0.409 e. The van der Waals surface area contributed by atoms with E-state index in [0.29, 0.717) is 30.3 Å². The van der Waals surface area contributed by atoms with Crippen LogP contribution in [0.4, 0.5) is 4.79 Å². The van der Waals surface area contributed by atoms with Gasteiger partial charge >= 0.3 is 12.1 Å². The van der Waals surface area contributed by atoms with Gasteiger partial charge in [-0.1, -0.05) is 11.6 Å². The third-order valence-electron chi connectivity index (χ3n) is 8.68. The van der Waals surface area contributed by atoms with E-state index in [9.17, 15) is 33.9 Å². The highest BCUT2D eigenvalue weighted by molar-refractivity contribution is 5.99. The predicted octanol–water partition coefficient (Wildman–Crippen LogP) is 1.46. The average molecular weight is 667 g/mol. The summed E-state index contributed by atoms with van der Waals surface area (Å²) in [6, 6.07) is 5.21. The number of hydrogen-bond acceptors (Lipinski definition) is 9. The number of carboxylic acids is 1. The number of carbonyl (C=O) groups excluding carboxylic acids is 5. The minimum absolute atomic E-state index is 0.0862. The zero-order valence-corrected chi connectivity index (χ0v) is 27.2. The third kappa shape index (κ3) is 8.49. The molecule has 48 heavy (non-hydrogen) atoms. The summed E-state index contributed by atoms with van der Waals surface area (Å²) >= 11 is 0. The smallest absolute Gasteiger partial charge is 0.409 e. The molecule has 1 saturated carbocycles. The van der Waals surface area contributed by atoms with Gasteiger partial charge in [-0.05, 0) is 58.1 Å². The highest BCUT2D eigenvalue weighted by atomic mass is 16.6. The van der Waals surface area contributed by atoms with Crippen molar-refractivity contribution in [2.75, 3.05) is 45.9 Å². The van der Waals surface area contributed by atoms with Crippen molar-refractivity contribution in [2.24, 2.45) is 0 Å². The standard InChI is InChI=1S/C33H42N6O9/c1-3-47-33(46)38-15-13-37(14-16-38)32(45)24(10-11-29(41)42)36-30(43)25-18-27(22-17-20(2)6-9-23(22)35-25)48-19-28(40)39-12-4-5-26(39)31(44)34-21-7-8-21/h6,9,17-18,21,24,26H,3-5,7-8,10-16,19H2,1-2H3,(H,34,44)(H,36,43)(H,41,42). The number of hydrogen-bond donors (Lipinski definition) is 3. The van der Waals surface area contributed by atoms with E-state index >= 15 is 0 Å². The van der Waals surface area contributed by atoms with Crippen LogP contribution in [0.2, 0.25) is 0 Å². The van der Waals surface area contributed by atoms with E-state index in [0.717, 1.165) is 18.4 Å². The minimum atomic E-state index is -1.17. The first-order valence-corrected chi connectivity index (χ1v) is 16.4. The second-order valence-corrected chi connectivity index (χ2v) is 12.3. The Bertz CT molecular complexity index is 1570. The molecule has 3 aliphatic rings. The fourth-order valence-electron chi connectivity index (χ4n) is 5.93. The van der Waals surface area contributed by atoms with Crippen molar-refractivity contribution in [3.05, 3.63) is 35.5 Å². The lowest BCUT2D eigenvalue weighted by Gasteiger charge is -2.35. The van der Waals surface area contributed by atoms with Gasteiger partial charge < -0.3 is 39.9 Å².